The molecular formula is C11H21NO2. The summed E-state index contributed by atoms with van der Waals surface area (Å²) in [6.07, 6.45) is 3.44. The van der Waals surface area contributed by atoms with Gasteiger partial charge in [-0.25, -0.2) is 0 Å². The molecule has 0 heterocycles. The minimum atomic E-state index is -0.711. The predicted molar refractivity (Wildman–Crippen MR) is 55.9 cm³/mol. The molecule has 3 atom stereocenters. The van der Waals surface area contributed by atoms with Crippen LogP contribution in [0.1, 0.15) is 39.5 Å². The standard InChI is InChI=1S/C11H21NO2/c1-8-3-4-11(7-12,6-10(13)14)9(2)5-8/h8-9H,3-7,12H2,1-2H3,(H,13,14). The summed E-state index contributed by atoms with van der Waals surface area (Å²) < 4.78 is 0. The maximum Gasteiger partial charge on any atom is 0.303 e. The summed E-state index contributed by atoms with van der Waals surface area (Å²) in [5.74, 6) is 0.447. The van der Waals surface area contributed by atoms with E-state index in [1.165, 1.54) is 0 Å². The summed E-state index contributed by atoms with van der Waals surface area (Å²) in [4.78, 5) is 10.8. The second-order valence-corrected chi connectivity index (χ2v) is 4.92. The highest BCUT2D eigenvalue weighted by atomic mass is 16.4. The zero-order valence-corrected chi connectivity index (χ0v) is 9.12. The van der Waals surface area contributed by atoms with E-state index >= 15 is 0 Å². The highest BCUT2D eigenvalue weighted by Gasteiger charge is 2.40. The number of aliphatic carboxylic acids is 1. The fourth-order valence-corrected chi connectivity index (χ4v) is 2.69. The van der Waals surface area contributed by atoms with Crippen LogP contribution in [0.2, 0.25) is 0 Å². The smallest absolute Gasteiger partial charge is 0.303 e. The third kappa shape index (κ3) is 2.27. The van der Waals surface area contributed by atoms with Crippen LogP contribution >= 0.6 is 0 Å². The average molecular weight is 199 g/mol. The Balaban J connectivity index is 2.72. The van der Waals surface area contributed by atoms with E-state index in [1.807, 2.05) is 0 Å². The van der Waals surface area contributed by atoms with Crippen LogP contribution in [-0.4, -0.2) is 17.6 Å². The highest BCUT2D eigenvalue weighted by molar-refractivity contribution is 5.67. The molecule has 0 aromatic carbocycles. The summed E-state index contributed by atoms with van der Waals surface area (Å²) in [6, 6.07) is 0. The quantitative estimate of drug-likeness (QED) is 0.729. The Labute approximate surface area is 85.7 Å². The van der Waals surface area contributed by atoms with Gasteiger partial charge in [-0.1, -0.05) is 20.3 Å². The Morgan fingerprint density at radius 2 is 2.21 bits per heavy atom. The third-order valence-electron chi connectivity index (χ3n) is 3.85. The molecule has 0 aromatic heterocycles. The number of nitrogens with two attached hydrogens (primary N) is 1. The van der Waals surface area contributed by atoms with E-state index in [0.717, 1.165) is 25.2 Å². The maximum atomic E-state index is 10.8. The van der Waals surface area contributed by atoms with Crippen LogP contribution in [0.25, 0.3) is 0 Å². The molecule has 3 unspecified atom stereocenters. The second kappa shape index (κ2) is 4.30. The molecule has 3 heteroatoms. The Morgan fingerprint density at radius 1 is 1.57 bits per heavy atom. The van der Waals surface area contributed by atoms with Crippen LogP contribution < -0.4 is 5.73 Å². The summed E-state index contributed by atoms with van der Waals surface area (Å²) in [5, 5.41) is 8.89. The van der Waals surface area contributed by atoms with Gasteiger partial charge in [0.25, 0.3) is 0 Å². The summed E-state index contributed by atoms with van der Waals surface area (Å²) in [6.45, 7) is 4.89. The molecule has 1 aliphatic rings. The number of carbonyl (C=O) groups is 1. The van der Waals surface area contributed by atoms with Crippen LogP contribution in [0.5, 0.6) is 0 Å². The lowest BCUT2D eigenvalue weighted by Gasteiger charge is -2.43. The molecule has 1 saturated carbocycles. The van der Waals surface area contributed by atoms with Crippen molar-refractivity contribution in [3.63, 3.8) is 0 Å². The van der Waals surface area contributed by atoms with Crippen molar-refractivity contribution >= 4 is 5.97 Å². The molecule has 3 nitrogen and oxygen atoms in total. The highest BCUT2D eigenvalue weighted by Crippen LogP contribution is 2.45. The van der Waals surface area contributed by atoms with Gasteiger partial charge in [-0.3, -0.25) is 4.79 Å². The van der Waals surface area contributed by atoms with Crippen LogP contribution in [0.4, 0.5) is 0 Å². The van der Waals surface area contributed by atoms with Crippen molar-refractivity contribution < 1.29 is 9.90 Å². The lowest BCUT2D eigenvalue weighted by Crippen LogP contribution is -2.42. The Kier molecular flexibility index (Phi) is 3.53. The fourth-order valence-electron chi connectivity index (χ4n) is 2.69. The van der Waals surface area contributed by atoms with Crippen molar-refractivity contribution in [3.05, 3.63) is 0 Å². The zero-order chi connectivity index (χ0) is 10.8. The number of hydrogen-bond acceptors (Lipinski definition) is 2. The Hall–Kier alpha value is -0.570. The molecule has 0 radical (unpaired) electrons. The molecule has 0 saturated heterocycles. The molecule has 0 aromatic rings. The third-order valence-corrected chi connectivity index (χ3v) is 3.85. The first kappa shape index (κ1) is 11.5. The van der Waals surface area contributed by atoms with Gasteiger partial charge in [0.15, 0.2) is 0 Å². The van der Waals surface area contributed by atoms with Gasteiger partial charge < -0.3 is 10.8 Å². The van der Waals surface area contributed by atoms with E-state index in [1.54, 1.807) is 0 Å². The molecule has 1 fully saturated rings. The monoisotopic (exact) mass is 199 g/mol. The van der Waals surface area contributed by atoms with E-state index in [4.69, 9.17) is 10.8 Å². The molecule has 82 valence electrons. The van der Waals surface area contributed by atoms with Crippen molar-refractivity contribution in [2.45, 2.75) is 39.5 Å². The van der Waals surface area contributed by atoms with Crippen molar-refractivity contribution in [2.24, 2.45) is 23.0 Å². The largest absolute Gasteiger partial charge is 0.481 e. The molecule has 3 N–H and O–H groups in total. The molecule has 1 rings (SSSR count). The minimum absolute atomic E-state index is 0.141. The predicted octanol–water partition coefficient (Wildman–Crippen LogP) is 1.86. The van der Waals surface area contributed by atoms with E-state index in [-0.39, 0.29) is 11.8 Å². The summed E-state index contributed by atoms with van der Waals surface area (Å²) in [5.41, 5.74) is 5.62. The van der Waals surface area contributed by atoms with Crippen molar-refractivity contribution in [2.75, 3.05) is 6.54 Å². The molecule has 1 aliphatic carbocycles. The lowest BCUT2D eigenvalue weighted by atomic mass is 9.62. The van der Waals surface area contributed by atoms with E-state index < -0.39 is 5.97 Å². The van der Waals surface area contributed by atoms with Gasteiger partial charge in [0.05, 0.1) is 6.42 Å². The van der Waals surface area contributed by atoms with Crippen LogP contribution in [0.15, 0.2) is 0 Å². The molecule has 14 heavy (non-hydrogen) atoms. The molecular weight excluding hydrogens is 178 g/mol. The lowest BCUT2D eigenvalue weighted by molar-refractivity contribution is -0.141. The van der Waals surface area contributed by atoms with E-state index in [9.17, 15) is 4.79 Å². The van der Waals surface area contributed by atoms with Crippen LogP contribution in [0.3, 0.4) is 0 Å². The first-order chi connectivity index (χ1) is 6.50. The summed E-state index contributed by atoms with van der Waals surface area (Å²) >= 11 is 0. The van der Waals surface area contributed by atoms with Crippen LogP contribution in [-0.2, 0) is 4.79 Å². The SMILES string of the molecule is CC1CCC(CN)(CC(=O)O)C(C)C1. The Morgan fingerprint density at radius 3 is 2.64 bits per heavy atom. The zero-order valence-electron chi connectivity index (χ0n) is 9.12. The van der Waals surface area contributed by atoms with Crippen molar-refractivity contribution in [3.8, 4) is 0 Å². The van der Waals surface area contributed by atoms with Gasteiger partial charge in [0, 0.05) is 0 Å². The van der Waals surface area contributed by atoms with Gasteiger partial charge in [0.1, 0.15) is 0 Å². The first-order valence-electron chi connectivity index (χ1n) is 5.42. The maximum absolute atomic E-state index is 10.8. The number of carboxylic acids is 1. The van der Waals surface area contributed by atoms with Gasteiger partial charge in [0.2, 0.25) is 0 Å². The first-order valence-corrected chi connectivity index (χ1v) is 5.42. The minimum Gasteiger partial charge on any atom is -0.481 e. The molecule has 0 aliphatic heterocycles. The fraction of sp³-hybridized carbons (Fsp3) is 0.909. The van der Waals surface area contributed by atoms with Crippen molar-refractivity contribution in [1.29, 1.82) is 0 Å². The topological polar surface area (TPSA) is 63.3 Å². The van der Waals surface area contributed by atoms with Gasteiger partial charge in [-0.15, -0.1) is 0 Å². The number of hydrogen-bond donors (Lipinski definition) is 2. The molecule has 0 spiro atoms. The molecule has 0 amide bonds. The van der Waals surface area contributed by atoms with E-state index in [2.05, 4.69) is 13.8 Å². The van der Waals surface area contributed by atoms with E-state index in [0.29, 0.717) is 12.5 Å². The van der Waals surface area contributed by atoms with Crippen molar-refractivity contribution in [1.82, 2.24) is 0 Å². The number of carboxylic acid groups (broad SMARTS) is 1. The van der Waals surface area contributed by atoms with Gasteiger partial charge >= 0.3 is 5.97 Å². The molecule has 0 bridgehead atoms. The normalized spacial score (nSPS) is 38.2. The number of rotatable bonds is 3. The van der Waals surface area contributed by atoms with Gasteiger partial charge in [-0.05, 0) is 36.6 Å². The Bertz CT molecular complexity index is 217. The summed E-state index contributed by atoms with van der Waals surface area (Å²) in [7, 11) is 0. The van der Waals surface area contributed by atoms with Crippen LogP contribution in [0, 0.1) is 17.3 Å². The average Bonchev–Trinajstić information content (AvgIpc) is 2.10. The van der Waals surface area contributed by atoms with Gasteiger partial charge in [-0.2, -0.15) is 0 Å². The second-order valence-electron chi connectivity index (χ2n) is 4.92.